The van der Waals surface area contributed by atoms with Crippen molar-refractivity contribution in [2.45, 2.75) is 30.6 Å². The van der Waals surface area contributed by atoms with Crippen molar-refractivity contribution in [1.29, 1.82) is 0 Å². The molecular formula is C19H21ClN4O5S. The molecule has 1 heterocycles. The van der Waals surface area contributed by atoms with Crippen LogP contribution >= 0.6 is 11.6 Å². The Bertz CT molecular complexity index is 1040. The van der Waals surface area contributed by atoms with Crippen LogP contribution in [0.2, 0.25) is 5.02 Å². The number of benzene rings is 2. The molecule has 160 valence electrons. The summed E-state index contributed by atoms with van der Waals surface area (Å²) >= 11 is 6.13. The number of rotatable bonds is 5. The van der Waals surface area contributed by atoms with Gasteiger partial charge in [-0.3, -0.25) is 10.1 Å². The molecule has 0 atom stereocenters. The molecule has 0 saturated carbocycles. The molecule has 0 radical (unpaired) electrons. The summed E-state index contributed by atoms with van der Waals surface area (Å²) in [5, 5.41) is 15.9. The molecule has 2 N–H and O–H groups in total. The Hall–Kier alpha value is -2.69. The predicted octanol–water partition coefficient (Wildman–Crippen LogP) is 4.46. The molecule has 3 rings (SSSR count). The smallest absolute Gasteiger partial charge is 0.308 e. The van der Waals surface area contributed by atoms with Gasteiger partial charge in [-0.25, -0.2) is 13.2 Å². The summed E-state index contributed by atoms with van der Waals surface area (Å²) in [6.45, 7) is 0.933. The average molecular weight is 453 g/mol. The minimum atomic E-state index is -3.69. The van der Waals surface area contributed by atoms with Crippen LogP contribution in [-0.4, -0.2) is 36.8 Å². The van der Waals surface area contributed by atoms with Crippen molar-refractivity contribution in [1.82, 2.24) is 4.31 Å². The summed E-state index contributed by atoms with van der Waals surface area (Å²) < 4.78 is 27.4. The number of nitro benzene ring substituents is 1. The molecule has 0 unspecified atom stereocenters. The van der Waals surface area contributed by atoms with Crippen LogP contribution in [0.15, 0.2) is 47.4 Å². The number of nitro groups is 1. The zero-order valence-electron chi connectivity index (χ0n) is 16.0. The van der Waals surface area contributed by atoms with Crippen molar-refractivity contribution in [3.8, 4) is 0 Å². The molecule has 1 saturated heterocycles. The third-order valence-corrected chi connectivity index (χ3v) is 6.95. The third kappa shape index (κ3) is 5.26. The topological polar surface area (TPSA) is 122 Å². The predicted molar refractivity (Wildman–Crippen MR) is 114 cm³/mol. The molecule has 30 heavy (non-hydrogen) atoms. The molecule has 0 aromatic heterocycles. The highest BCUT2D eigenvalue weighted by molar-refractivity contribution is 7.89. The van der Waals surface area contributed by atoms with Gasteiger partial charge in [-0.05, 0) is 43.2 Å². The Labute approximate surface area is 179 Å². The maximum atomic E-state index is 13.0. The van der Waals surface area contributed by atoms with Gasteiger partial charge in [-0.15, -0.1) is 0 Å². The van der Waals surface area contributed by atoms with Gasteiger partial charge >= 0.3 is 6.03 Å². The van der Waals surface area contributed by atoms with E-state index < -0.39 is 21.0 Å². The number of nitrogens with zero attached hydrogens (tertiary/aromatic N) is 2. The van der Waals surface area contributed by atoms with Crippen LogP contribution in [0.4, 0.5) is 21.9 Å². The summed E-state index contributed by atoms with van der Waals surface area (Å²) in [5.41, 5.74) is 0.380. The van der Waals surface area contributed by atoms with E-state index in [-0.39, 0.29) is 21.3 Å². The first kappa shape index (κ1) is 22.0. The average Bonchev–Trinajstić information content (AvgIpc) is 3.00. The third-order valence-electron chi connectivity index (χ3n) is 4.72. The minimum absolute atomic E-state index is 0.0550. The number of hydrogen-bond acceptors (Lipinski definition) is 5. The van der Waals surface area contributed by atoms with Crippen molar-refractivity contribution in [3.05, 3.63) is 57.6 Å². The van der Waals surface area contributed by atoms with Gasteiger partial charge in [0.15, 0.2) is 0 Å². The van der Waals surface area contributed by atoms with Crippen molar-refractivity contribution < 1.29 is 18.1 Å². The van der Waals surface area contributed by atoms with Crippen LogP contribution in [-0.2, 0) is 10.0 Å². The molecule has 2 aromatic carbocycles. The molecule has 1 aliphatic heterocycles. The maximum absolute atomic E-state index is 13.0. The quantitative estimate of drug-likeness (QED) is 0.512. The lowest BCUT2D eigenvalue weighted by Gasteiger charge is -2.20. The molecule has 1 aliphatic rings. The second-order valence-corrected chi connectivity index (χ2v) is 9.19. The first-order valence-corrected chi connectivity index (χ1v) is 11.2. The SMILES string of the molecule is O=C(Nc1ccc([N+](=O)[O-])cc1)Nc1cc(S(=O)(=O)N2CCCCCC2)ccc1Cl. The Balaban J connectivity index is 1.74. The molecule has 2 aromatic rings. The number of urea groups is 1. The fourth-order valence-electron chi connectivity index (χ4n) is 3.14. The fraction of sp³-hybridized carbons (Fsp3) is 0.316. The van der Waals surface area contributed by atoms with Crippen molar-refractivity contribution in [3.63, 3.8) is 0 Å². The van der Waals surface area contributed by atoms with Crippen LogP contribution < -0.4 is 10.6 Å². The van der Waals surface area contributed by atoms with Gasteiger partial charge in [-0.2, -0.15) is 4.31 Å². The van der Waals surface area contributed by atoms with E-state index in [0.717, 1.165) is 25.7 Å². The van der Waals surface area contributed by atoms with Crippen LogP contribution in [0.3, 0.4) is 0 Å². The second-order valence-electron chi connectivity index (χ2n) is 6.84. The minimum Gasteiger partial charge on any atom is -0.308 e. The molecule has 0 bridgehead atoms. The van der Waals surface area contributed by atoms with Crippen molar-refractivity contribution in [2.75, 3.05) is 23.7 Å². The summed E-state index contributed by atoms with van der Waals surface area (Å²) in [6, 6.07) is 8.82. The zero-order valence-corrected chi connectivity index (χ0v) is 17.6. The van der Waals surface area contributed by atoms with Crippen LogP contribution in [0.1, 0.15) is 25.7 Å². The number of nitrogens with one attached hydrogen (secondary N) is 2. The molecular weight excluding hydrogens is 432 g/mol. The van der Waals surface area contributed by atoms with E-state index >= 15 is 0 Å². The standard InChI is InChI=1S/C19H21ClN4O5S/c20-17-10-9-16(30(28,29)23-11-3-1-2-4-12-23)13-18(17)22-19(25)21-14-5-7-15(8-6-14)24(26)27/h5-10,13H,1-4,11-12H2,(H2,21,22,25). The molecule has 11 heteroatoms. The number of anilines is 2. The summed E-state index contributed by atoms with van der Waals surface area (Å²) in [7, 11) is -3.69. The summed E-state index contributed by atoms with van der Waals surface area (Å²) in [4.78, 5) is 22.5. The Kier molecular flexibility index (Phi) is 6.91. The number of halogens is 1. The molecule has 1 fully saturated rings. The molecule has 9 nitrogen and oxygen atoms in total. The lowest BCUT2D eigenvalue weighted by Crippen LogP contribution is -2.32. The number of hydrogen-bond donors (Lipinski definition) is 2. The number of amides is 2. The van der Waals surface area contributed by atoms with Crippen LogP contribution in [0.5, 0.6) is 0 Å². The lowest BCUT2D eigenvalue weighted by atomic mass is 10.2. The number of carbonyl (C=O) groups is 1. The van der Waals surface area contributed by atoms with Crippen molar-refractivity contribution >= 4 is 44.7 Å². The molecule has 2 amide bonds. The van der Waals surface area contributed by atoms with Crippen LogP contribution in [0.25, 0.3) is 0 Å². The van der Waals surface area contributed by atoms with Gasteiger partial charge in [0.2, 0.25) is 10.0 Å². The van der Waals surface area contributed by atoms with E-state index in [1.54, 1.807) is 0 Å². The highest BCUT2D eigenvalue weighted by Crippen LogP contribution is 2.28. The normalized spacial score (nSPS) is 15.2. The monoisotopic (exact) mass is 452 g/mol. The van der Waals surface area contributed by atoms with Gasteiger partial charge in [0.25, 0.3) is 5.69 Å². The fourth-order valence-corrected chi connectivity index (χ4v) is 4.85. The Morgan fingerprint density at radius 3 is 2.23 bits per heavy atom. The largest absolute Gasteiger partial charge is 0.323 e. The molecule has 0 aliphatic carbocycles. The lowest BCUT2D eigenvalue weighted by molar-refractivity contribution is -0.384. The summed E-state index contributed by atoms with van der Waals surface area (Å²) in [5.74, 6) is 0. The zero-order chi connectivity index (χ0) is 21.7. The van der Waals surface area contributed by atoms with Gasteiger partial charge in [0, 0.05) is 30.9 Å². The van der Waals surface area contributed by atoms with E-state index in [1.165, 1.54) is 46.8 Å². The first-order chi connectivity index (χ1) is 14.3. The van der Waals surface area contributed by atoms with Gasteiger partial charge in [0.1, 0.15) is 0 Å². The van der Waals surface area contributed by atoms with E-state index in [9.17, 15) is 23.3 Å². The van der Waals surface area contributed by atoms with Gasteiger partial charge < -0.3 is 10.6 Å². The molecule has 0 spiro atoms. The number of non-ortho nitro benzene ring substituents is 1. The Morgan fingerprint density at radius 1 is 1.00 bits per heavy atom. The number of sulfonamides is 1. The van der Waals surface area contributed by atoms with E-state index in [1.807, 2.05) is 0 Å². The van der Waals surface area contributed by atoms with E-state index in [0.29, 0.717) is 18.8 Å². The highest BCUT2D eigenvalue weighted by atomic mass is 35.5. The van der Waals surface area contributed by atoms with Gasteiger partial charge in [-0.1, -0.05) is 24.4 Å². The summed E-state index contributed by atoms with van der Waals surface area (Å²) in [6.07, 6.45) is 3.63. The number of carbonyl (C=O) groups excluding carboxylic acids is 1. The van der Waals surface area contributed by atoms with E-state index in [4.69, 9.17) is 11.6 Å². The van der Waals surface area contributed by atoms with E-state index in [2.05, 4.69) is 10.6 Å². The highest BCUT2D eigenvalue weighted by Gasteiger charge is 2.26. The van der Waals surface area contributed by atoms with Crippen LogP contribution in [0, 0.1) is 10.1 Å². The maximum Gasteiger partial charge on any atom is 0.323 e. The Morgan fingerprint density at radius 2 is 1.63 bits per heavy atom. The second kappa shape index (κ2) is 9.41. The van der Waals surface area contributed by atoms with Crippen molar-refractivity contribution in [2.24, 2.45) is 0 Å². The first-order valence-electron chi connectivity index (χ1n) is 9.39. The van der Waals surface area contributed by atoms with Gasteiger partial charge in [0.05, 0.1) is 20.5 Å².